The summed E-state index contributed by atoms with van der Waals surface area (Å²) in [6, 6.07) is 14.3. The van der Waals surface area contributed by atoms with Gasteiger partial charge >= 0.3 is 0 Å². The molecule has 3 rings (SSSR count). The summed E-state index contributed by atoms with van der Waals surface area (Å²) in [5.74, 6) is 1.50. The number of nitrogens with zero attached hydrogens (tertiary/aromatic N) is 1. The minimum absolute atomic E-state index is 0.180. The van der Waals surface area contributed by atoms with Gasteiger partial charge in [0, 0.05) is 6.20 Å². The first kappa shape index (κ1) is 17.8. The summed E-state index contributed by atoms with van der Waals surface area (Å²) in [6.45, 7) is 3.97. The fraction of sp³-hybridized carbons (Fsp3) is 0.100. The Labute approximate surface area is 156 Å². The molecule has 3 aromatic rings. The molecule has 0 aliphatic rings. The maximum absolute atomic E-state index is 12.2. The standard InChI is InChI=1S/C20H17ClN2O3/c1-2-5-14-6-3-4-7-17(14)25-13-16-9-10-18(26-16)20(24)23-19-11-8-15(21)12-22-19/h2-4,6-12H,1,5,13H2,(H,22,23,24). The lowest BCUT2D eigenvalue weighted by Gasteiger charge is -2.08. The first-order valence-corrected chi connectivity index (χ1v) is 8.36. The third-order valence-electron chi connectivity index (χ3n) is 3.56. The SMILES string of the molecule is C=CCc1ccccc1OCc1ccc(C(=O)Nc2ccc(Cl)cn2)o1. The summed E-state index contributed by atoms with van der Waals surface area (Å²) in [7, 11) is 0. The summed E-state index contributed by atoms with van der Waals surface area (Å²) >= 11 is 5.77. The largest absolute Gasteiger partial charge is 0.485 e. The number of nitrogens with one attached hydrogen (secondary N) is 1. The van der Waals surface area contributed by atoms with Gasteiger partial charge in [-0.1, -0.05) is 35.9 Å². The van der Waals surface area contributed by atoms with Gasteiger partial charge < -0.3 is 14.5 Å². The lowest BCUT2D eigenvalue weighted by atomic mass is 10.1. The first-order chi connectivity index (χ1) is 12.7. The van der Waals surface area contributed by atoms with Crippen LogP contribution in [-0.4, -0.2) is 10.9 Å². The molecule has 0 aliphatic heterocycles. The average molecular weight is 369 g/mol. The predicted molar refractivity (Wildman–Crippen MR) is 101 cm³/mol. The molecule has 5 nitrogen and oxygen atoms in total. The smallest absolute Gasteiger partial charge is 0.292 e. The molecular weight excluding hydrogens is 352 g/mol. The topological polar surface area (TPSA) is 64.4 Å². The zero-order chi connectivity index (χ0) is 18.4. The molecule has 2 heterocycles. The van der Waals surface area contributed by atoms with E-state index in [-0.39, 0.29) is 12.4 Å². The van der Waals surface area contributed by atoms with E-state index in [9.17, 15) is 4.79 Å². The molecule has 0 aliphatic carbocycles. The second-order valence-corrected chi connectivity index (χ2v) is 5.91. The van der Waals surface area contributed by atoms with Crippen molar-refractivity contribution in [1.29, 1.82) is 0 Å². The quantitative estimate of drug-likeness (QED) is 0.603. The number of carbonyl (C=O) groups is 1. The van der Waals surface area contributed by atoms with Gasteiger partial charge in [-0.3, -0.25) is 4.79 Å². The molecule has 1 aromatic carbocycles. The number of allylic oxidation sites excluding steroid dienone is 1. The molecule has 0 atom stereocenters. The summed E-state index contributed by atoms with van der Waals surface area (Å²) in [6.07, 6.45) is 4.00. The number of hydrogen-bond acceptors (Lipinski definition) is 4. The van der Waals surface area contributed by atoms with Crippen molar-refractivity contribution in [3.8, 4) is 5.75 Å². The van der Waals surface area contributed by atoms with Crippen LogP contribution in [0.3, 0.4) is 0 Å². The lowest BCUT2D eigenvalue weighted by molar-refractivity contribution is 0.0992. The Morgan fingerprint density at radius 2 is 2.08 bits per heavy atom. The lowest BCUT2D eigenvalue weighted by Crippen LogP contribution is -2.11. The maximum Gasteiger partial charge on any atom is 0.292 e. The number of anilines is 1. The van der Waals surface area contributed by atoms with E-state index in [2.05, 4.69) is 16.9 Å². The van der Waals surface area contributed by atoms with Crippen molar-refractivity contribution >= 4 is 23.3 Å². The second kappa shape index (κ2) is 8.36. The number of rotatable bonds is 7. The number of halogens is 1. The Morgan fingerprint density at radius 3 is 2.85 bits per heavy atom. The van der Waals surface area contributed by atoms with Crippen molar-refractivity contribution in [2.45, 2.75) is 13.0 Å². The van der Waals surface area contributed by atoms with Crippen LogP contribution in [0.25, 0.3) is 0 Å². The maximum atomic E-state index is 12.2. The number of carbonyl (C=O) groups excluding carboxylic acids is 1. The van der Waals surface area contributed by atoms with E-state index >= 15 is 0 Å². The van der Waals surface area contributed by atoms with Crippen LogP contribution in [0.15, 0.2) is 71.8 Å². The molecule has 0 saturated carbocycles. The van der Waals surface area contributed by atoms with E-state index in [1.165, 1.54) is 6.20 Å². The fourth-order valence-electron chi connectivity index (χ4n) is 2.32. The van der Waals surface area contributed by atoms with Crippen LogP contribution in [0.4, 0.5) is 5.82 Å². The van der Waals surface area contributed by atoms with Gasteiger partial charge in [0.2, 0.25) is 0 Å². The Balaban J connectivity index is 1.62. The number of para-hydroxylation sites is 1. The first-order valence-electron chi connectivity index (χ1n) is 7.99. The van der Waals surface area contributed by atoms with Gasteiger partial charge in [0.1, 0.15) is 23.9 Å². The molecule has 6 heteroatoms. The number of benzene rings is 1. The highest BCUT2D eigenvalue weighted by molar-refractivity contribution is 6.30. The minimum Gasteiger partial charge on any atom is -0.485 e. The van der Waals surface area contributed by atoms with Gasteiger partial charge in [-0.25, -0.2) is 4.98 Å². The normalized spacial score (nSPS) is 10.3. The zero-order valence-electron chi connectivity index (χ0n) is 13.9. The summed E-state index contributed by atoms with van der Waals surface area (Å²) in [5.41, 5.74) is 1.04. The van der Waals surface area contributed by atoms with Crippen LogP contribution in [0.1, 0.15) is 21.9 Å². The number of furan rings is 1. The van der Waals surface area contributed by atoms with Crippen LogP contribution >= 0.6 is 11.6 Å². The molecule has 0 saturated heterocycles. The summed E-state index contributed by atoms with van der Waals surface area (Å²) in [4.78, 5) is 16.2. The number of ether oxygens (including phenoxy) is 1. The van der Waals surface area contributed by atoms with Crippen molar-refractivity contribution < 1.29 is 13.9 Å². The number of aromatic nitrogens is 1. The third kappa shape index (κ3) is 4.52. The molecule has 0 fully saturated rings. The van der Waals surface area contributed by atoms with Crippen LogP contribution in [0.2, 0.25) is 5.02 Å². The number of amides is 1. The third-order valence-corrected chi connectivity index (χ3v) is 3.78. The van der Waals surface area contributed by atoms with Crippen molar-refractivity contribution in [2.24, 2.45) is 0 Å². The molecule has 0 spiro atoms. The highest BCUT2D eigenvalue weighted by Gasteiger charge is 2.13. The van der Waals surface area contributed by atoms with Gasteiger partial charge in [-0.15, -0.1) is 6.58 Å². The van der Waals surface area contributed by atoms with Crippen LogP contribution in [0.5, 0.6) is 5.75 Å². The fourth-order valence-corrected chi connectivity index (χ4v) is 2.43. The molecule has 1 amide bonds. The Morgan fingerprint density at radius 1 is 1.23 bits per heavy atom. The van der Waals surface area contributed by atoms with Crippen LogP contribution in [0, 0.1) is 0 Å². The van der Waals surface area contributed by atoms with Gasteiger partial charge in [-0.05, 0) is 42.3 Å². The van der Waals surface area contributed by atoms with Crippen molar-refractivity contribution in [3.05, 3.63) is 89.5 Å². The van der Waals surface area contributed by atoms with E-state index in [0.29, 0.717) is 16.6 Å². The molecule has 26 heavy (non-hydrogen) atoms. The van der Waals surface area contributed by atoms with Gasteiger partial charge in [-0.2, -0.15) is 0 Å². The number of pyridine rings is 1. The molecule has 1 N–H and O–H groups in total. The molecule has 2 aromatic heterocycles. The van der Waals surface area contributed by atoms with Crippen molar-refractivity contribution in [3.63, 3.8) is 0 Å². The average Bonchev–Trinajstić information content (AvgIpc) is 3.12. The van der Waals surface area contributed by atoms with Crippen LogP contribution in [-0.2, 0) is 13.0 Å². The predicted octanol–water partition coefficient (Wildman–Crippen LogP) is 4.89. The van der Waals surface area contributed by atoms with E-state index in [1.54, 1.807) is 24.3 Å². The van der Waals surface area contributed by atoms with E-state index < -0.39 is 5.91 Å². The van der Waals surface area contributed by atoms with Gasteiger partial charge in [0.25, 0.3) is 5.91 Å². The van der Waals surface area contributed by atoms with Crippen LogP contribution < -0.4 is 10.1 Å². The van der Waals surface area contributed by atoms with Gasteiger partial charge in [0.15, 0.2) is 5.76 Å². The summed E-state index contributed by atoms with van der Waals surface area (Å²) < 4.78 is 11.4. The monoisotopic (exact) mass is 368 g/mol. The van der Waals surface area contributed by atoms with E-state index in [0.717, 1.165) is 17.7 Å². The van der Waals surface area contributed by atoms with Crippen molar-refractivity contribution in [1.82, 2.24) is 4.98 Å². The molecular formula is C20H17ClN2O3. The Bertz CT molecular complexity index is 903. The highest BCUT2D eigenvalue weighted by Crippen LogP contribution is 2.21. The molecule has 0 unspecified atom stereocenters. The second-order valence-electron chi connectivity index (χ2n) is 5.47. The Hall–Kier alpha value is -3.05. The summed E-state index contributed by atoms with van der Waals surface area (Å²) in [5, 5.41) is 3.14. The van der Waals surface area contributed by atoms with E-state index in [1.807, 2.05) is 30.3 Å². The zero-order valence-corrected chi connectivity index (χ0v) is 14.7. The molecule has 0 radical (unpaired) electrons. The highest BCUT2D eigenvalue weighted by atomic mass is 35.5. The van der Waals surface area contributed by atoms with Crippen molar-refractivity contribution in [2.75, 3.05) is 5.32 Å². The minimum atomic E-state index is -0.391. The van der Waals surface area contributed by atoms with E-state index in [4.69, 9.17) is 20.8 Å². The van der Waals surface area contributed by atoms with Gasteiger partial charge in [0.05, 0.1) is 5.02 Å². The molecule has 132 valence electrons. The Kier molecular flexibility index (Phi) is 5.71. The molecule has 0 bridgehead atoms. The number of hydrogen-bond donors (Lipinski definition) is 1.